The highest BCUT2D eigenvalue weighted by molar-refractivity contribution is 5.88. The number of carbonyl (C=O) groups excluding carboxylic acids is 1. The van der Waals surface area contributed by atoms with Crippen molar-refractivity contribution in [1.82, 2.24) is 15.0 Å². The molecular weight excluding hydrogens is 344 g/mol. The van der Waals surface area contributed by atoms with Crippen molar-refractivity contribution in [2.45, 2.75) is 18.9 Å². The fourth-order valence-electron chi connectivity index (χ4n) is 3.28. The summed E-state index contributed by atoms with van der Waals surface area (Å²) in [6.45, 7) is 0.645. The number of fused-ring (bicyclic) bond motifs is 1. The number of amides is 1. The lowest BCUT2D eigenvalue weighted by atomic mass is 10.1. The molecule has 1 fully saturated rings. The van der Waals surface area contributed by atoms with Gasteiger partial charge < -0.3 is 15.3 Å². The summed E-state index contributed by atoms with van der Waals surface area (Å²) >= 11 is 0. The Morgan fingerprint density at radius 1 is 1.22 bits per heavy atom. The molecule has 1 aliphatic rings. The maximum atomic E-state index is 11.7. The van der Waals surface area contributed by atoms with Gasteiger partial charge in [-0.2, -0.15) is 0 Å². The van der Waals surface area contributed by atoms with Gasteiger partial charge in [-0.05, 0) is 37.1 Å². The van der Waals surface area contributed by atoms with E-state index in [9.17, 15) is 4.79 Å². The first-order valence-electron chi connectivity index (χ1n) is 8.80. The molecule has 138 valence electrons. The lowest BCUT2D eigenvalue weighted by molar-refractivity contribution is -0.135. The van der Waals surface area contributed by atoms with Gasteiger partial charge in [0.1, 0.15) is 11.8 Å². The van der Waals surface area contributed by atoms with Gasteiger partial charge in [0.2, 0.25) is 5.91 Å². The molecule has 4 rings (SSSR count). The lowest BCUT2D eigenvalue weighted by Crippen LogP contribution is -2.42. The molecule has 0 bridgehead atoms. The van der Waals surface area contributed by atoms with E-state index < -0.39 is 6.04 Å². The SMILES string of the molecule is COc1ccc2c(ON3CCCC3C(N)=O)cc(-c3ccccn3)nc2c1. The number of nitrogens with two attached hydrogens (primary N) is 1. The second-order valence-electron chi connectivity index (χ2n) is 6.40. The molecule has 1 atom stereocenters. The molecule has 2 N–H and O–H groups in total. The van der Waals surface area contributed by atoms with Crippen LogP contribution < -0.4 is 15.3 Å². The number of methoxy groups -OCH3 is 1. The Morgan fingerprint density at radius 2 is 2.11 bits per heavy atom. The zero-order chi connectivity index (χ0) is 18.8. The summed E-state index contributed by atoms with van der Waals surface area (Å²) in [6, 6.07) is 12.7. The Balaban J connectivity index is 1.81. The molecule has 3 heterocycles. The smallest absolute Gasteiger partial charge is 0.238 e. The van der Waals surface area contributed by atoms with E-state index in [1.165, 1.54) is 0 Å². The zero-order valence-corrected chi connectivity index (χ0v) is 15.0. The summed E-state index contributed by atoms with van der Waals surface area (Å²) in [5, 5.41) is 2.48. The summed E-state index contributed by atoms with van der Waals surface area (Å²) in [6.07, 6.45) is 3.27. The Hall–Kier alpha value is -3.19. The topological polar surface area (TPSA) is 90.6 Å². The van der Waals surface area contributed by atoms with Crippen LogP contribution in [0.15, 0.2) is 48.7 Å². The van der Waals surface area contributed by atoms with E-state index in [1.54, 1.807) is 18.4 Å². The van der Waals surface area contributed by atoms with E-state index in [0.717, 1.165) is 23.0 Å². The number of carbonyl (C=O) groups is 1. The van der Waals surface area contributed by atoms with E-state index in [1.807, 2.05) is 42.5 Å². The first-order valence-corrected chi connectivity index (χ1v) is 8.80. The van der Waals surface area contributed by atoms with Crippen LogP contribution in [0.25, 0.3) is 22.3 Å². The number of pyridine rings is 2. The average molecular weight is 364 g/mol. The van der Waals surface area contributed by atoms with Crippen LogP contribution in [0.2, 0.25) is 0 Å². The first-order chi connectivity index (χ1) is 13.2. The number of hydroxylamine groups is 2. The lowest BCUT2D eigenvalue weighted by Gasteiger charge is -2.23. The molecule has 7 heteroatoms. The van der Waals surface area contributed by atoms with Gasteiger partial charge >= 0.3 is 0 Å². The molecule has 1 saturated heterocycles. The van der Waals surface area contributed by atoms with Crippen molar-refractivity contribution in [1.29, 1.82) is 0 Å². The molecule has 27 heavy (non-hydrogen) atoms. The summed E-state index contributed by atoms with van der Waals surface area (Å²) < 4.78 is 5.32. The Bertz CT molecular complexity index is 978. The van der Waals surface area contributed by atoms with Crippen molar-refractivity contribution in [3.8, 4) is 22.9 Å². The molecule has 0 saturated carbocycles. The van der Waals surface area contributed by atoms with Gasteiger partial charge in [0.25, 0.3) is 0 Å². The van der Waals surface area contributed by atoms with Crippen LogP contribution in [0.4, 0.5) is 0 Å². The minimum absolute atomic E-state index is 0.377. The van der Waals surface area contributed by atoms with Crippen LogP contribution in [-0.2, 0) is 4.79 Å². The van der Waals surface area contributed by atoms with Crippen molar-refractivity contribution in [2.24, 2.45) is 5.73 Å². The minimum Gasteiger partial charge on any atom is -0.497 e. The normalized spacial score (nSPS) is 17.1. The van der Waals surface area contributed by atoms with Gasteiger partial charge in [-0.15, -0.1) is 5.06 Å². The van der Waals surface area contributed by atoms with E-state index >= 15 is 0 Å². The van der Waals surface area contributed by atoms with E-state index in [-0.39, 0.29) is 5.91 Å². The number of rotatable bonds is 5. The van der Waals surface area contributed by atoms with E-state index in [2.05, 4.69) is 4.98 Å². The number of hydrogen-bond donors (Lipinski definition) is 1. The highest BCUT2D eigenvalue weighted by Gasteiger charge is 2.31. The predicted molar refractivity (Wildman–Crippen MR) is 101 cm³/mol. The second kappa shape index (κ2) is 7.20. The maximum absolute atomic E-state index is 11.7. The minimum atomic E-state index is -0.426. The van der Waals surface area contributed by atoms with Crippen LogP contribution >= 0.6 is 0 Å². The number of benzene rings is 1. The van der Waals surface area contributed by atoms with Gasteiger partial charge in [0, 0.05) is 30.3 Å². The largest absolute Gasteiger partial charge is 0.497 e. The molecule has 7 nitrogen and oxygen atoms in total. The van der Waals surface area contributed by atoms with Gasteiger partial charge in [0.15, 0.2) is 5.75 Å². The van der Waals surface area contributed by atoms with Gasteiger partial charge in [-0.25, -0.2) is 4.98 Å². The summed E-state index contributed by atoms with van der Waals surface area (Å²) in [5.41, 5.74) is 7.66. The second-order valence-corrected chi connectivity index (χ2v) is 6.40. The van der Waals surface area contributed by atoms with Crippen LogP contribution in [0.5, 0.6) is 11.5 Å². The molecule has 0 spiro atoms. The average Bonchev–Trinajstić information content (AvgIpc) is 3.16. The van der Waals surface area contributed by atoms with E-state index in [0.29, 0.717) is 30.2 Å². The number of hydrogen-bond acceptors (Lipinski definition) is 6. The Morgan fingerprint density at radius 3 is 2.85 bits per heavy atom. The number of aromatic nitrogens is 2. The first kappa shape index (κ1) is 17.2. The molecule has 1 aromatic carbocycles. The van der Waals surface area contributed by atoms with Crippen LogP contribution in [-0.4, -0.2) is 40.6 Å². The van der Waals surface area contributed by atoms with Gasteiger partial charge in [-0.3, -0.25) is 9.78 Å². The molecule has 3 aromatic rings. The number of ether oxygens (including phenoxy) is 1. The highest BCUT2D eigenvalue weighted by Crippen LogP contribution is 2.33. The Kier molecular flexibility index (Phi) is 4.60. The van der Waals surface area contributed by atoms with E-state index in [4.69, 9.17) is 20.3 Å². The van der Waals surface area contributed by atoms with Crippen LogP contribution in [0, 0.1) is 0 Å². The van der Waals surface area contributed by atoms with Crippen molar-refractivity contribution >= 4 is 16.8 Å². The van der Waals surface area contributed by atoms with Crippen molar-refractivity contribution in [3.05, 3.63) is 48.7 Å². The van der Waals surface area contributed by atoms with Crippen molar-refractivity contribution < 1.29 is 14.4 Å². The third kappa shape index (κ3) is 3.41. The Labute approximate surface area is 156 Å². The molecule has 1 amide bonds. The number of nitrogens with zero attached hydrogens (tertiary/aromatic N) is 3. The molecule has 1 unspecified atom stereocenters. The quantitative estimate of drug-likeness (QED) is 0.748. The summed E-state index contributed by atoms with van der Waals surface area (Å²) in [7, 11) is 1.61. The van der Waals surface area contributed by atoms with Gasteiger partial charge in [0.05, 0.1) is 24.0 Å². The molecule has 0 aliphatic carbocycles. The molecule has 0 radical (unpaired) electrons. The maximum Gasteiger partial charge on any atom is 0.238 e. The fourth-order valence-corrected chi connectivity index (χ4v) is 3.28. The molecule has 2 aromatic heterocycles. The summed E-state index contributed by atoms with van der Waals surface area (Å²) in [5.74, 6) is 0.934. The fraction of sp³-hybridized carbons (Fsp3) is 0.250. The standard InChI is InChI=1S/C20H20N4O3/c1-26-13-7-8-14-16(11-13)23-17(15-5-2-3-9-22-15)12-19(14)27-24-10-4-6-18(24)20(21)25/h2-3,5,7-9,11-12,18H,4,6,10H2,1H3,(H2,21,25). The van der Waals surface area contributed by atoms with Crippen molar-refractivity contribution in [3.63, 3.8) is 0 Å². The van der Waals surface area contributed by atoms with Crippen LogP contribution in [0.3, 0.4) is 0 Å². The third-order valence-corrected chi connectivity index (χ3v) is 4.65. The van der Waals surface area contributed by atoms with Gasteiger partial charge in [-0.1, -0.05) is 6.07 Å². The van der Waals surface area contributed by atoms with Crippen molar-refractivity contribution in [2.75, 3.05) is 13.7 Å². The highest BCUT2D eigenvalue weighted by atomic mass is 16.7. The monoisotopic (exact) mass is 364 g/mol. The predicted octanol–water partition coefficient (Wildman–Crippen LogP) is 2.55. The molecule has 1 aliphatic heterocycles. The number of primary amides is 1. The third-order valence-electron chi connectivity index (χ3n) is 4.65. The molecular formula is C20H20N4O3. The summed E-state index contributed by atoms with van der Waals surface area (Å²) in [4.78, 5) is 26.9. The zero-order valence-electron chi connectivity index (χ0n) is 15.0. The van der Waals surface area contributed by atoms with Crippen LogP contribution in [0.1, 0.15) is 12.8 Å².